The van der Waals surface area contributed by atoms with Crippen molar-refractivity contribution in [3.63, 3.8) is 0 Å². The first-order valence-corrected chi connectivity index (χ1v) is 7.18. The summed E-state index contributed by atoms with van der Waals surface area (Å²) in [5.74, 6) is 0. The van der Waals surface area contributed by atoms with Gasteiger partial charge in [-0.2, -0.15) is 5.10 Å². The zero-order chi connectivity index (χ0) is 14.9. The summed E-state index contributed by atoms with van der Waals surface area (Å²) in [6.07, 6.45) is 1.80. The molecule has 1 heterocycles. The highest BCUT2D eigenvalue weighted by Gasteiger charge is 2.14. The van der Waals surface area contributed by atoms with Crippen LogP contribution in [0.15, 0.2) is 18.2 Å². The first-order valence-electron chi connectivity index (χ1n) is 7.18. The Balaban J connectivity index is 2.10. The van der Waals surface area contributed by atoms with E-state index >= 15 is 0 Å². The number of aromatic nitrogens is 2. The fourth-order valence-corrected chi connectivity index (χ4v) is 2.94. The van der Waals surface area contributed by atoms with Crippen molar-refractivity contribution in [3.8, 4) is 0 Å². The highest BCUT2D eigenvalue weighted by molar-refractivity contribution is 5.30. The van der Waals surface area contributed by atoms with Crippen LogP contribution in [0.2, 0.25) is 0 Å². The van der Waals surface area contributed by atoms with Gasteiger partial charge in [-0.1, -0.05) is 29.3 Å². The van der Waals surface area contributed by atoms with Gasteiger partial charge in [0.1, 0.15) is 0 Å². The summed E-state index contributed by atoms with van der Waals surface area (Å²) in [4.78, 5) is 0. The molecule has 0 radical (unpaired) electrons. The average Bonchev–Trinajstić information content (AvgIpc) is 2.54. The van der Waals surface area contributed by atoms with Crippen molar-refractivity contribution in [2.45, 2.75) is 46.6 Å². The molecule has 20 heavy (non-hydrogen) atoms. The van der Waals surface area contributed by atoms with Crippen LogP contribution >= 0.6 is 0 Å². The fraction of sp³-hybridized carbons (Fsp3) is 0.471. The van der Waals surface area contributed by atoms with E-state index < -0.39 is 0 Å². The third-order valence-electron chi connectivity index (χ3n) is 3.90. The first kappa shape index (κ1) is 14.8. The van der Waals surface area contributed by atoms with Gasteiger partial charge in [0.15, 0.2) is 0 Å². The van der Waals surface area contributed by atoms with E-state index in [1.165, 1.54) is 27.9 Å². The smallest absolute Gasteiger partial charge is 0.0628 e. The maximum atomic E-state index is 6.35. The summed E-state index contributed by atoms with van der Waals surface area (Å²) in [5.41, 5.74) is 13.9. The van der Waals surface area contributed by atoms with Crippen molar-refractivity contribution in [1.29, 1.82) is 0 Å². The van der Waals surface area contributed by atoms with E-state index in [2.05, 4.69) is 51.0 Å². The van der Waals surface area contributed by atoms with Crippen LogP contribution in [0, 0.1) is 27.7 Å². The third kappa shape index (κ3) is 3.28. The van der Waals surface area contributed by atoms with Gasteiger partial charge in [0.25, 0.3) is 0 Å². The summed E-state index contributed by atoms with van der Waals surface area (Å²) in [7, 11) is 1.99. The fourth-order valence-electron chi connectivity index (χ4n) is 2.94. The Morgan fingerprint density at radius 1 is 1.05 bits per heavy atom. The Bertz CT molecular complexity index is 591. The third-order valence-corrected chi connectivity index (χ3v) is 3.90. The predicted molar refractivity (Wildman–Crippen MR) is 84.0 cm³/mol. The van der Waals surface area contributed by atoms with E-state index in [-0.39, 0.29) is 6.04 Å². The maximum absolute atomic E-state index is 6.35. The van der Waals surface area contributed by atoms with Crippen molar-refractivity contribution in [1.82, 2.24) is 9.78 Å². The molecule has 0 saturated heterocycles. The molecule has 1 aromatic heterocycles. The second kappa shape index (κ2) is 5.80. The van der Waals surface area contributed by atoms with Gasteiger partial charge in [0.05, 0.1) is 5.69 Å². The van der Waals surface area contributed by atoms with E-state index in [0.29, 0.717) is 0 Å². The zero-order valence-electron chi connectivity index (χ0n) is 13.2. The molecule has 2 aromatic rings. The molecule has 3 heteroatoms. The molecule has 0 bridgehead atoms. The molecule has 1 unspecified atom stereocenters. The van der Waals surface area contributed by atoms with Crippen molar-refractivity contribution in [2.24, 2.45) is 12.8 Å². The summed E-state index contributed by atoms with van der Waals surface area (Å²) in [5, 5.41) is 4.46. The van der Waals surface area contributed by atoms with Crippen molar-refractivity contribution in [3.05, 3.63) is 51.8 Å². The molecule has 0 amide bonds. The Morgan fingerprint density at radius 3 is 2.15 bits per heavy atom. The SMILES string of the molecule is Cc1cc(C)cc(CC(N)Cc2c(C)nn(C)c2C)c1. The van der Waals surface area contributed by atoms with Gasteiger partial charge in [-0.15, -0.1) is 0 Å². The van der Waals surface area contributed by atoms with Crippen LogP contribution in [-0.4, -0.2) is 15.8 Å². The number of aryl methyl sites for hydroxylation is 4. The lowest BCUT2D eigenvalue weighted by atomic mass is 9.96. The van der Waals surface area contributed by atoms with Crippen LogP contribution in [0.5, 0.6) is 0 Å². The second-order valence-electron chi connectivity index (χ2n) is 5.94. The molecule has 1 atom stereocenters. The lowest BCUT2D eigenvalue weighted by Gasteiger charge is -2.13. The van der Waals surface area contributed by atoms with E-state index in [9.17, 15) is 0 Å². The van der Waals surface area contributed by atoms with Gasteiger partial charge < -0.3 is 5.73 Å². The Hall–Kier alpha value is -1.61. The number of benzene rings is 1. The molecule has 0 aliphatic heterocycles. The van der Waals surface area contributed by atoms with Crippen molar-refractivity contribution in [2.75, 3.05) is 0 Å². The molecule has 3 nitrogen and oxygen atoms in total. The lowest BCUT2D eigenvalue weighted by Crippen LogP contribution is -2.26. The summed E-state index contributed by atoms with van der Waals surface area (Å²) < 4.78 is 1.94. The largest absolute Gasteiger partial charge is 0.327 e. The molecular formula is C17H25N3. The van der Waals surface area contributed by atoms with Crippen molar-refractivity contribution >= 4 is 0 Å². The van der Waals surface area contributed by atoms with Gasteiger partial charge in [0, 0.05) is 18.8 Å². The molecule has 0 fully saturated rings. The highest BCUT2D eigenvalue weighted by atomic mass is 15.3. The molecule has 108 valence electrons. The first-order chi connectivity index (χ1) is 9.36. The van der Waals surface area contributed by atoms with Gasteiger partial charge in [-0.25, -0.2) is 0 Å². The average molecular weight is 271 g/mol. The topological polar surface area (TPSA) is 43.8 Å². The van der Waals surface area contributed by atoms with E-state index in [4.69, 9.17) is 5.73 Å². The zero-order valence-corrected chi connectivity index (χ0v) is 13.2. The molecule has 1 aromatic carbocycles. The second-order valence-corrected chi connectivity index (χ2v) is 5.94. The molecule has 0 saturated carbocycles. The van der Waals surface area contributed by atoms with Crippen LogP contribution in [0.1, 0.15) is 33.6 Å². The molecule has 0 aliphatic carbocycles. The van der Waals surface area contributed by atoms with Gasteiger partial charge in [0.2, 0.25) is 0 Å². The summed E-state index contributed by atoms with van der Waals surface area (Å²) in [6, 6.07) is 6.80. The monoisotopic (exact) mass is 271 g/mol. The quantitative estimate of drug-likeness (QED) is 0.929. The summed E-state index contributed by atoms with van der Waals surface area (Å²) >= 11 is 0. The number of nitrogens with two attached hydrogens (primary N) is 1. The number of hydrogen-bond donors (Lipinski definition) is 1. The molecule has 2 N–H and O–H groups in total. The van der Waals surface area contributed by atoms with Gasteiger partial charge in [-0.05, 0) is 51.7 Å². The Kier molecular flexibility index (Phi) is 4.29. The van der Waals surface area contributed by atoms with Crippen LogP contribution in [0.25, 0.3) is 0 Å². The van der Waals surface area contributed by atoms with E-state index in [1.54, 1.807) is 0 Å². The van der Waals surface area contributed by atoms with Gasteiger partial charge in [-0.3, -0.25) is 4.68 Å². The maximum Gasteiger partial charge on any atom is 0.0628 e. The Labute approximate surface area is 121 Å². The molecule has 2 rings (SSSR count). The molecular weight excluding hydrogens is 246 g/mol. The van der Waals surface area contributed by atoms with Crippen LogP contribution < -0.4 is 5.73 Å². The normalized spacial score (nSPS) is 12.7. The molecule has 0 aliphatic rings. The van der Waals surface area contributed by atoms with Gasteiger partial charge >= 0.3 is 0 Å². The minimum absolute atomic E-state index is 0.137. The minimum atomic E-state index is 0.137. The van der Waals surface area contributed by atoms with Crippen LogP contribution in [0.4, 0.5) is 0 Å². The Morgan fingerprint density at radius 2 is 1.65 bits per heavy atom. The van der Waals surface area contributed by atoms with E-state index in [1.807, 2.05) is 11.7 Å². The minimum Gasteiger partial charge on any atom is -0.327 e. The van der Waals surface area contributed by atoms with Crippen LogP contribution in [-0.2, 0) is 19.9 Å². The summed E-state index contributed by atoms with van der Waals surface area (Å²) in [6.45, 7) is 8.44. The van der Waals surface area contributed by atoms with Crippen LogP contribution in [0.3, 0.4) is 0 Å². The highest BCUT2D eigenvalue weighted by Crippen LogP contribution is 2.16. The van der Waals surface area contributed by atoms with E-state index in [0.717, 1.165) is 18.5 Å². The number of hydrogen-bond acceptors (Lipinski definition) is 2. The van der Waals surface area contributed by atoms with Crippen molar-refractivity contribution < 1.29 is 0 Å². The molecule has 0 spiro atoms. The predicted octanol–water partition coefficient (Wildman–Crippen LogP) is 2.77. The number of rotatable bonds is 4. The number of nitrogens with zero attached hydrogens (tertiary/aromatic N) is 2. The standard InChI is InChI=1S/C17H25N3/c1-11-6-12(2)8-15(7-11)9-16(18)10-17-13(3)19-20(5)14(17)4/h6-8,16H,9-10,18H2,1-5H3. The lowest BCUT2D eigenvalue weighted by molar-refractivity contribution is 0.658.